The fourth-order valence-corrected chi connectivity index (χ4v) is 1.83. The number of phenolic OH excluding ortho intramolecular Hbond substituents is 3. The molecular weight excluding hydrogens is 344 g/mol. The Morgan fingerprint density at radius 1 is 0.880 bits per heavy atom. The predicted molar refractivity (Wildman–Crippen MR) is 78.8 cm³/mol. The third-order valence-corrected chi connectivity index (χ3v) is 3.37. The van der Waals surface area contributed by atoms with Crippen LogP contribution in [0.2, 0.25) is 0 Å². The van der Waals surface area contributed by atoms with Crippen molar-refractivity contribution in [2.75, 3.05) is 13.2 Å². The van der Waals surface area contributed by atoms with Crippen molar-refractivity contribution in [2.45, 2.75) is 30.5 Å². The van der Waals surface area contributed by atoms with Crippen LogP contribution < -0.4 is 0 Å². The van der Waals surface area contributed by atoms with Crippen molar-refractivity contribution in [3.05, 3.63) is 17.7 Å². The lowest BCUT2D eigenvalue weighted by atomic mass is 10.00. The molecule has 0 saturated carbocycles. The monoisotopic (exact) mass is 364 g/mol. The van der Waals surface area contributed by atoms with Gasteiger partial charge in [0.15, 0.2) is 17.2 Å². The Balaban J connectivity index is 2.66. The lowest BCUT2D eigenvalue weighted by molar-refractivity contribution is -0.146. The van der Waals surface area contributed by atoms with Crippen molar-refractivity contribution >= 4 is 5.97 Å². The number of benzene rings is 1. The fourth-order valence-electron chi connectivity index (χ4n) is 1.83. The Labute approximate surface area is 141 Å². The summed E-state index contributed by atoms with van der Waals surface area (Å²) in [4.78, 5) is 11.7. The molecule has 0 aliphatic carbocycles. The second kappa shape index (κ2) is 8.80. The van der Waals surface area contributed by atoms with Crippen LogP contribution in [0.15, 0.2) is 12.1 Å². The van der Waals surface area contributed by atoms with E-state index in [9.17, 15) is 35.4 Å². The summed E-state index contributed by atoms with van der Waals surface area (Å²) in [5.74, 6) is -3.55. The van der Waals surface area contributed by atoms with Gasteiger partial charge in [-0.15, -0.1) is 0 Å². The summed E-state index contributed by atoms with van der Waals surface area (Å²) < 4.78 is 4.62. The van der Waals surface area contributed by atoms with Gasteiger partial charge in [-0.05, 0) is 12.1 Å². The van der Waals surface area contributed by atoms with Gasteiger partial charge in [-0.2, -0.15) is 0 Å². The second-order valence-electron chi connectivity index (χ2n) is 5.25. The highest BCUT2D eigenvalue weighted by Crippen LogP contribution is 2.35. The van der Waals surface area contributed by atoms with Gasteiger partial charge >= 0.3 is 5.97 Å². The third-order valence-electron chi connectivity index (χ3n) is 3.37. The van der Waals surface area contributed by atoms with Gasteiger partial charge in [0.1, 0.15) is 37.1 Å². The van der Waals surface area contributed by atoms with E-state index in [1.165, 1.54) is 0 Å². The highest BCUT2D eigenvalue weighted by atomic mass is 16.5. The van der Waals surface area contributed by atoms with E-state index in [1.54, 1.807) is 0 Å². The number of hydrogen-bond acceptors (Lipinski definition) is 11. The number of esters is 1. The van der Waals surface area contributed by atoms with Crippen molar-refractivity contribution < 1.29 is 55.5 Å². The van der Waals surface area contributed by atoms with Crippen LogP contribution in [0.4, 0.5) is 0 Å². The third kappa shape index (κ3) is 5.16. The van der Waals surface area contributed by atoms with Gasteiger partial charge in [0.2, 0.25) is 0 Å². The van der Waals surface area contributed by atoms with Gasteiger partial charge in [0, 0.05) is 0 Å². The summed E-state index contributed by atoms with van der Waals surface area (Å²) in [5.41, 5.74) is -0.370. The lowest BCUT2D eigenvalue weighted by Gasteiger charge is -2.28. The molecule has 0 fully saturated rings. The molecule has 1 aromatic rings. The van der Waals surface area contributed by atoms with Crippen LogP contribution in [0.25, 0.3) is 0 Å². The molecule has 0 aromatic heterocycles. The number of aliphatic hydroxyl groups is 6. The van der Waals surface area contributed by atoms with Gasteiger partial charge in [0.05, 0.1) is 12.2 Å². The molecule has 1 rings (SSSR count). The van der Waals surface area contributed by atoms with Crippen molar-refractivity contribution in [2.24, 2.45) is 0 Å². The first-order valence-electron chi connectivity index (χ1n) is 7.03. The summed E-state index contributed by atoms with van der Waals surface area (Å²) in [5, 5.41) is 83.9. The van der Waals surface area contributed by atoms with Crippen molar-refractivity contribution in [3.8, 4) is 17.2 Å². The standard InChI is InChI=1S/C14H20O11/c15-3-8(18)11(21)13(23)12(22)9(19)4-25-14(24)5-1-6(16)10(20)7(17)2-5/h1-2,8-9,11-13,15-23H,3-4H2. The smallest absolute Gasteiger partial charge is 0.338 e. The maximum atomic E-state index is 11.7. The Bertz CT molecular complexity index is 567. The number of carbonyl (C=O) groups excluding carboxylic acids is 1. The fraction of sp³-hybridized carbons (Fsp3) is 0.500. The molecule has 11 nitrogen and oxygen atoms in total. The molecule has 5 unspecified atom stereocenters. The first-order valence-corrected chi connectivity index (χ1v) is 7.03. The van der Waals surface area contributed by atoms with Gasteiger partial charge < -0.3 is 50.7 Å². The number of aliphatic hydroxyl groups excluding tert-OH is 6. The summed E-state index contributed by atoms with van der Waals surface area (Å²) in [7, 11) is 0. The molecule has 5 atom stereocenters. The number of phenols is 3. The molecular formula is C14H20O11. The second-order valence-corrected chi connectivity index (χ2v) is 5.25. The van der Waals surface area contributed by atoms with Crippen LogP contribution in [0.1, 0.15) is 10.4 Å². The van der Waals surface area contributed by atoms with E-state index in [2.05, 4.69) is 4.74 Å². The first-order chi connectivity index (χ1) is 11.6. The number of hydrogen-bond donors (Lipinski definition) is 9. The molecule has 25 heavy (non-hydrogen) atoms. The highest BCUT2D eigenvalue weighted by Gasteiger charge is 2.34. The number of aromatic hydroxyl groups is 3. The van der Waals surface area contributed by atoms with E-state index in [1.807, 2.05) is 0 Å². The molecule has 0 bridgehead atoms. The summed E-state index contributed by atoms with van der Waals surface area (Å²) in [6, 6.07) is 1.58. The molecule has 0 spiro atoms. The minimum atomic E-state index is -2.04. The average molecular weight is 364 g/mol. The molecule has 9 N–H and O–H groups in total. The molecule has 11 heteroatoms. The number of rotatable bonds is 8. The molecule has 0 aliphatic rings. The number of ether oxygens (including phenoxy) is 1. The van der Waals surface area contributed by atoms with E-state index in [-0.39, 0.29) is 5.56 Å². The largest absolute Gasteiger partial charge is 0.504 e. The molecule has 0 aliphatic heterocycles. The zero-order valence-corrected chi connectivity index (χ0v) is 12.8. The van der Waals surface area contributed by atoms with Crippen LogP contribution >= 0.6 is 0 Å². The summed E-state index contributed by atoms with van der Waals surface area (Å²) >= 11 is 0. The molecule has 0 amide bonds. The van der Waals surface area contributed by atoms with Gasteiger partial charge in [0.25, 0.3) is 0 Å². The minimum Gasteiger partial charge on any atom is -0.504 e. The molecule has 0 saturated heterocycles. The molecule has 142 valence electrons. The average Bonchev–Trinajstić information content (AvgIpc) is 2.60. The zero-order valence-electron chi connectivity index (χ0n) is 12.8. The SMILES string of the molecule is O=C(OCC(O)C(O)C(O)C(O)C(O)CO)c1cc(O)c(O)c(O)c1. The van der Waals surface area contributed by atoms with Crippen LogP contribution in [-0.4, -0.2) is 95.7 Å². The van der Waals surface area contributed by atoms with E-state index in [0.29, 0.717) is 0 Å². The Kier molecular flexibility index (Phi) is 7.36. The Morgan fingerprint density at radius 2 is 1.36 bits per heavy atom. The normalized spacial score (nSPS) is 17.4. The van der Waals surface area contributed by atoms with E-state index in [4.69, 9.17) is 15.3 Å². The quantitative estimate of drug-likeness (QED) is 0.165. The van der Waals surface area contributed by atoms with Gasteiger partial charge in [-0.1, -0.05) is 0 Å². The summed E-state index contributed by atoms with van der Waals surface area (Å²) in [6.45, 7) is -1.74. The molecule has 0 heterocycles. The van der Waals surface area contributed by atoms with Crippen molar-refractivity contribution in [1.82, 2.24) is 0 Å². The Morgan fingerprint density at radius 3 is 1.84 bits per heavy atom. The van der Waals surface area contributed by atoms with Crippen LogP contribution in [-0.2, 0) is 4.74 Å². The highest BCUT2D eigenvalue weighted by molar-refractivity contribution is 5.91. The van der Waals surface area contributed by atoms with E-state index < -0.39 is 67.0 Å². The van der Waals surface area contributed by atoms with Crippen LogP contribution in [0.3, 0.4) is 0 Å². The predicted octanol–water partition coefficient (Wildman–Crippen LogP) is -3.24. The molecule has 0 radical (unpaired) electrons. The van der Waals surface area contributed by atoms with E-state index in [0.717, 1.165) is 12.1 Å². The van der Waals surface area contributed by atoms with Crippen molar-refractivity contribution in [3.63, 3.8) is 0 Å². The zero-order chi connectivity index (χ0) is 19.3. The maximum absolute atomic E-state index is 11.7. The first kappa shape index (κ1) is 20.9. The van der Waals surface area contributed by atoms with Gasteiger partial charge in [-0.3, -0.25) is 0 Å². The number of carbonyl (C=O) groups is 1. The van der Waals surface area contributed by atoms with E-state index >= 15 is 0 Å². The van der Waals surface area contributed by atoms with Gasteiger partial charge in [-0.25, -0.2) is 4.79 Å². The van der Waals surface area contributed by atoms with Crippen LogP contribution in [0.5, 0.6) is 17.2 Å². The Hall–Kier alpha value is -2.15. The lowest BCUT2D eigenvalue weighted by Crippen LogP contribution is -2.51. The topological polar surface area (TPSA) is 208 Å². The minimum absolute atomic E-state index is 0.370. The van der Waals surface area contributed by atoms with Crippen LogP contribution in [0, 0.1) is 0 Å². The summed E-state index contributed by atoms with van der Waals surface area (Å²) in [6.07, 6.45) is -9.65. The van der Waals surface area contributed by atoms with Crippen molar-refractivity contribution in [1.29, 1.82) is 0 Å². The molecule has 1 aromatic carbocycles. The maximum Gasteiger partial charge on any atom is 0.338 e.